The van der Waals surface area contributed by atoms with Gasteiger partial charge in [0, 0.05) is 7.05 Å². The first-order valence-corrected chi connectivity index (χ1v) is 9.98. The molecule has 27 heavy (non-hydrogen) atoms. The average molecular weight is 405 g/mol. The number of para-hydroxylation sites is 1. The molecule has 10 heteroatoms. The van der Waals surface area contributed by atoms with Crippen LogP contribution < -0.4 is 10.1 Å². The first-order valence-electron chi connectivity index (χ1n) is 8.28. The monoisotopic (exact) mass is 404 g/mol. The minimum atomic E-state index is -0.359. The van der Waals surface area contributed by atoms with E-state index in [4.69, 9.17) is 4.74 Å². The normalized spacial score (nSPS) is 12.0. The second-order valence-electron chi connectivity index (χ2n) is 5.89. The van der Waals surface area contributed by atoms with Crippen LogP contribution in [0.1, 0.15) is 23.3 Å². The molecule has 0 unspecified atom stereocenters. The molecule has 1 aromatic carbocycles. The quantitative estimate of drug-likeness (QED) is 0.605. The molecule has 142 valence electrons. The lowest BCUT2D eigenvalue weighted by Crippen LogP contribution is -2.22. The number of thioether (sulfide) groups is 1. The van der Waals surface area contributed by atoms with Crippen LogP contribution >= 0.6 is 23.1 Å². The van der Waals surface area contributed by atoms with Crippen LogP contribution in [0.4, 0.5) is 5.13 Å². The number of benzene rings is 1. The molecule has 0 saturated heterocycles. The Balaban J connectivity index is 1.59. The van der Waals surface area contributed by atoms with Crippen LogP contribution in [0.15, 0.2) is 29.4 Å². The Labute approximate surface area is 165 Å². The summed E-state index contributed by atoms with van der Waals surface area (Å²) in [6.45, 7) is 5.95. The van der Waals surface area contributed by atoms with Crippen LogP contribution in [0.2, 0.25) is 0 Å². The number of anilines is 1. The largest absolute Gasteiger partial charge is 0.485 e. The molecule has 0 aliphatic rings. The van der Waals surface area contributed by atoms with Crippen LogP contribution in [0.5, 0.6) is 5.75 Å². The van der Waals surface area contributed by atoms with E-state index in [2.05, 4.69) is 25.7 Å². The van der Waals surface area contributed by atoms with Crippen LogP contribution in [0.25, 0.3) is 0 Å². The van der Waals surface area contributed by atoms with Crippen molar-refractivity contribution in [2.45, 2.75) is 37.8 Å². The molecule has 0 fully saturated rings. The number of carbonyl (C=O) groups is 1. The van der Waals surface area contributed by atoms with Gasteiger partial charge in [0.25, 0.3) is 0 Å². The van der Waals surface area contributed by atoms with E-state index >= 15 is 0 Å². The van der Waals surface area contributed by atoms with E-state index in [1.54, 1.807) is 0 Å². The zero-order valence-corrected chi connectivity index (χ0v) is 17.1. The molecule has 0 bridgehead atoms. The predicted octanol–water partition coefficient (Wildman–Crippen LogP) is 2.98. The van der Waals surface area contributed by atoms with E-state index in [1.165, 1.54) is 23.1 Å². The molecule has 0 aliphatic heterocycles. The Morgan fingerprint density at radius 2 is 2.04 bits per heavy atom. The molecular weight excluding hydrogens is 384 g/mol. The number of ether oxygens (including phenoxy) is 1. The fraction of sp³-hybridized carbons (Fsp3) is 0.353. The molecule has 2 heterocycles. The Morgan fingerprint density at radius 3 is 2.74 bits per heavy atom. The number of aryl methyl sites for hydroxylation is 2. The molecule has 0 radical (unpaired) electrons. The summed E-state index contributed by atoms with van der Waals surface area (Å²) in [4.78, 5) is 12.3. The average Bonchev–Trinajstić information content (AvgIpc) is 3.20. The lowest BCUT2D eigenvalue weighted by molar-refractivity contribution is -0.115. The first kappa shape index (κ1) is 19.3. The molecule has 3 rings (SSSR count). The molecule has 2 aromatic heterocycles. The van der Waals surface area contributed by atoms with Gasteiger partial charge in [0.1, 0.15) is 17.4 Å². The fourth-order valence-electron chi connectivity index (χ4n) is 2.20. The van der Waals surface area contributed by atoms with Gasteiger partial charge >= 0.3 is 0 Å². The van der Waals surface area contributed by atoms with E-state index in [-0.39, 0.29) is 11.2 Å². The van der Waals surface area contributed by atoms with Gasteiger partial charge < -0.3 is 9.30 Å². The van der Waals surface area contributed by atoms with Gasteiger partial charge in [-0.3, -0.25) is 10.1 Å². The van der Waals surface area contributed by atoms with E-state index in [9.17, 15) is 4.79 Å². The summed E-state index contributed by atoms with van der Waals surface area (Å²) >= 11 is 2.67. The SMILES string of the molecule is Cc1nnc(NC(=O)[C@@H](C)Sc2nnc(COc3ccccc3C)n2C)s1. The second-order valence-corrected chi connectivity index (χ2v) is 8.38. The van der Waals surface area contributed by atoms with Crippen molar-refractivity contribution in [2.75, 3.05) is 5.32 Å². The first-order chi connectivity index (χ1) is 12.9. The van der Waals surface area contributed by atoms with Crippen molar-refractivity contribution in [3.8, 4) is 5.75 Å². The third-order valence-corrected chi connectivity index (χ3v) is 5.67. The number of hydrogen-bond donors (Lipinski definition) is 1. The van der Waals surface area contributed by atoms with Gasteiger partial charge in [-0.15, -0.1) is 20.4 Å². The molecule has 8 nitrogen and oxygen atoms in total. The van der Waals surface area contributed by atoms with Crippen LogP contribution in [0, 0.1) is 13.8 Å². The Kier molecular flexibility index (Phi) is 6.07. The number of amides is 1. The van der Waals surface area contributed by atoms with Gasteiger partial charge in [-0.2, -0.15) is 0 Å². The fourth-order valence-corrected chi connectivity index (χ4v) is 3.63. The maximum atomic E-state index is 12.3. The van der Waals surface area contributed by atoms with Crippen LogP contribution in [-0.2, 0) is 18.4 Å². The van der Waals surface area contributed by atoms with Crippen LogP contribution in [0.3, 0.4) is 0 Å². The van der Waals surface area contributed by atoms with E-state index < -0.39 is 0 Å². The molecule has 0 spiro atoms. The van der Waals surface area contributed by atoms with Crippen molar-refractivity contribution in [2.24, 2.45) is 7.05 Å². The summed E-state index contributed by atoms with van der Waals surface area (Å²) in [5.74, 6) is 1.35. The Bertz CT molecular complexity index is 939. The van der Waals surface area contributed by atoms with Crippen molar-refractivity contribution in [3.05, 3.63) is 40.7 Å². The second kappa shape index (κ2) is 8.49. The van der Waals surface area contributed by atoms with Crippen molar-refractivity contribution < 1.29 is 9.53 Å². The zero-order valence-electron chi connectivity index (χ0n) is 15.5. The number of hydrogen-bond acceptors (Lipinski definition) is 8. The van der Waals surface area contributed by atoms with Gasteiger partial charge in [-0.1, -0.05) is 41.3 Å². The Hall–Kier alpha value is -2.46. The smallest absolute Gasteiger partial charge is 0.239 e. The highest BCUT2D eigenvalue weighted by atomic mass is 32.2. The van der Waals surface area contributed by atoms with Crippen molar-refractivity contribution in [3.63, 3.8) is 0 Å². The molecule has 1 N–H and O–H groups in total. The van der Waals surface area contributed by atoms with Gasteiger partial charge in [0.05, 0.1) is 5.25 Å². The number of carbonyl (C=O) groups excluding carboxylic acids is 1. The lowest BCUT2D eigenvalue weighted by Gasteiger charge is -2.11. The molecule has 0 saturated carbocycles. The van der Waals surface area contributed by atoms with Crippen LogP contribution in [-0.4, -0.2) is 36.1 Å². The third kappa shape index (κ3) is 4.83. The highest BCUT2D eigenvalue weighted by molar-refractivity contribution is 8.00. The van der Waals surface area contributed by atoms with E-state index in [1.807, 2.05) is 56.7 Å². The Morgan fingerprint density at radius 1 is 1.26 bits per heavy atom. The van der Waals surface area contributed by atoms with Gasteiger partial charge in [-0.25, -0.2) is 0 Å². The maximum absolute atomic E-state index is 12.3. The maximum Gasteiger partial charge on any atom is 0.239 e. The number of aromatic nitrogens is 5. The highest BCUT2D eigenvalue weighted by Gasteiger charge is 2.20. The number of rotatable bonds is 7. The highest BCUT2D eigenvalue weighted by Crippen LogP contribution is 2.24. The third-order valence-electron chi connectivity index (χ3n) is 3.78. The lowest BCUT2D eigenvalue weighted by atomic mass is 10.2. The van der Waals surface area contributed by atoms with Gasteiger partial charge in [0.15, 0.2) is 11.0 Å². The zero-order chi connectivity index (χ0) is 19.4. The summed E-state index contributed by atoms with van der Waals surface area (Å²) in [6, 6.07) is 7.81. The predicted molar refractivity (Wildman–Crippen MR) is 105 cm³/mol. The van der Waals surface area contributed by atoms with E-state index in [0.29, 0.717) is 22.7 Å². The molecule has 1 atom stereocenters. The summed E-state index contributed by atoms with van der Waals surface area (Å²) in [5, 5.41) is 20.5. The van der Waals surface area contributed by atoms with Crippen molar-refractivity contribution in [1.29, 1.82) is 0 Å². The topological polar surface area (TPSA) is 94.8 Å². The van der Waals surface area contributed by atoms with Crippen molar-refractivity contribution in [1.82, 2.24) is 25.0 Å². The van der Waals surface area contributed by atoms with Gasteiger partial charge in [-0.05, 0) is 32.4 Å². The minimum Gasteiger partial charge on any atom is -0.485 e. The summed E-state index contributed by atoms with van der Waals surface area (Å²) in [6.07, 6.45) is 0. The molecular formula is C17H20N6O2S2. The standard InChI is InChI=1S/C17H20N6O2S2/c1-10-7-5-6-8-13(10)25-9-14-20-22-17(23(14)4)26-11(2)15(24)18-16-21-19-12(3)27-16/h5-8,11H,9H2,1-4H3,(H,18,21,24)/t11-/m1/s1. The summed E-state index contributed by atoms with van der Waals surface area (Å²) in [7, 11) is 1.86. The van der Waals surface area contributed by atoms with Crippen molar-refractivity contribution >= 4 is 34.1 Å². The molecule has 3 aromatic rings. The molecule has 0 aliphatic carbocycles. The minimum absolute atomic E-state index is 0.156. The number of nitrogens with one attached hydrogen (secondary N) is 1. The number of nitrogens with zero attached hydrogens (tertiary/aromatic N) is 5. The van der Waals surface area contributed by atoms with Gasteiger partial charge in [0.2, 0.25) is 11.0 Å². The molecule has 1 amide bonds. The summed E-state index contributed by atoms with van der Waals surface area (Å²) < 4.78 is 7.66. The van der Waals surface area contributed by atoms with E-state index in [0.717, 1.165) is 16.3 Å². The summed E-state index contributed by atoms with van der Waals surface area (Å²) in [5.41, 5.74) is 1.06.